The smallest absolute Gasteiger partial charge is 0.340 e. The number of carbonyl (C=O) groups is 2. The fourth-order valence-corrected chi connectivity index (χ4v) is 4.59. The van der Waals surface area contributed by atoms with Crippen LogP contribution in [0.4, 0.5) is 5.69 Å². The molecule has 0 amide bonds. The van der Waals surface area contributed by atoms with E-state index < -0.39 is 22.1 Å². The Morgan fingerprint density at radius 2 is 1.58 bits per heavy atom. The highest BCUT2D eigenvalue weighted by atomic mass is 35.5. The van der Waals surface area contributed by atoms with E-state index in [1.807, 2.05) is 0 Å². The molecule has 0 aliphatic heterocycles. The Bertz CT molecular complexity index is 1230. The maximum Gasteiger partial charge on any atom is 0.340 e. The van der Waals surface area contributed by atoms with Crippen molar-refractivity contribution >= 4 is 50.7 Å². The lowest BCUT2D eigenvalue weighted by Crippen LogP contribution is -2.25. The normalized spacial score (nSPS) is 12.1. The Labute approximate surface area is 189 Å². The molecule has 0 aliphatic rings. The number of nitrogens with one attached hydrogen (secondary N) is 1. The number of hydrogen-bond acceptors (Lipinski definition) is 5. The van der Waals surface area contributed by atoms with Gasteiger partial charge in [0.25, 0.3) is 10.0 Å². The first-order chi connectivity index (χ1) is 14.7. The van der Waals surface area contributed by atoms with Crippen molar-refractivity contribution in [1.82, 2.24) is 0 Å². The van der Waals surface area contributed by atoms with Crippen molar-refractivity contribution in [3.63, 3.8) is 0 Å². The van der Waals surface area contributed by atoms with Crippen molar-refractivity contribution < 1.29 is 22.7 Å². The number of para-hydroxylation sites is 1. The first-order valence-electron chi connectivity index (χ1n) is 9.06. The van der Waals surface area contributed by atoms with Gasteiger partial charge >= 0.3 is 5.97 Å². The maximum absolute atomic E-state index is 12.8. The third-order valence-corrected chi connectivity index (χ3v) is 6.37. The number of ether oxygens (including phenoxy) is 1. The Kier molecular flexibility index (Phi) is 7.00. The number of Topliss-reactive ketones (excluding diaryl/α,β-unsaturated/α-hetero) is 1. The van der Waals surface area contributed by atoms with E-state index in [1.54, 1.807) is 42.5 Å². The first-order valence-corrected chi connectivity index (χ1v) is 11.3. The van der Waals surface area contributed by atoms with Crippen LogP contribution in [0, 0.1) is 0 Å². The largest absolute Gasteiger partial charge is 0.451 e. The molecule has 3 rings (SSSR count). The molecule has 0 aromatic heterocycles. The third kappa shape index (κ3) is 5.44. The van der Waals surface area contributed by atoms with Gasteiger partial charge in [0.1, 0.15) is 4.90 Å². The number of sulfonamides is 1. The lowest BCUT2D eigenvalue weighted by molar-refractivity contribution is 0.0320. The van der Waals surface area contributed by atoms with E-state index in [0.29, 0.717) is 5.56 Å². The zero-order valence-electron chi connectivity index (χ0n) is 16.2. The quantitative estimate of drug-likeness (QED) is 0.372. The second-order valence-corrected chi connectivity index (χ2v) is 9.00. The third-order valence-electron chi connectivity index (χ3n) is 4.29. The lowest BCUT2D eigenvalue weighted by atomic mass is 10.1. The molecule has 0 spiro atoms. The van der Waals surface area contributed by atoms with Crippen molar-refractivity contribution in [2.45, 2.75) is 17.9 Å². The highest BCUT2D eigenvalue weighted by Crippen LogP contribution is 2.28. The van der Waals surface area contributed by atoms with E-state index in [4.69, 9.17) is 27.9 Å². The lowest BCUT2D eigenvalue weighted by Gasteiger charge is -2.16. The summed E-state index contributed by atoms with van der Waals surface area (Å²) in [6.45, 7) is 1.45. The minimum atomic E-state index is -4.15. The Hall–Kier alpha value is -2.87. The molecule has 0 aliphatic carbocycles. The van der Waals surface area contributed by atoms with E-state index >= 15 is 0 Å². The molecule has 6 nitrogen and oxygen atoms in total. The summed E-state index contributed by atoms with van der Waals surface area (Å²) < 4.78 is 33.2. The van der Waals surface area contributed by atoms with Crippen LogP contribution in [-0.2, 0) is 14.8 Å². The summed E-state index contributed by atoms with van der Waals surface area (Å²) in [6, 6.07) is 18.3. The Balaban J connectivity index is 1.84. The van der Waals surface area contributed by atoms with Crippen molar-refractivity contribution in [2.75, 3.05) is 4.72 Å². The summed E-state index contributed by atoms with van der Waals surface area (Å²) in [7, 11) is -4.15. The zero-order chi connectivity index (χ0) is 22.6. The Morgan fingerprint density at radius 1 is 0.935 bits per heavy atom. The summed E-state index contributed by atoms with van der Waals surface area (Å²) in [6.07, 6.45) is -1.07. The van der Waals surface area contributed by atoms with Crippen molar-refractivity contribution in [2.24, 2.45) is 0 Å². The standard InChI is InChI=1S/C22H17Cl2NO5S/c1-14(21(26)15-7-3-2-4-8-15)30-22(27)17-9-5-6-10-19(17)25-31(28,29)20-13-16(23)11-12-18(20)24/h2-14,25H,1H3/t14-/m0/s1. The number of ketones is 1. The van der Waals surface area contributed by atoms with Gasteiger partial charge in [-0.15, -0.1) is 0 Å². The van der Waals surface area contributed by atoms with Gasteiger partial charge in [0.05, 0.1) is 16.3 Å². The molecule has 160 valence electrons. The van der Waals surface area contributed by atoms with Gasteiger partial charge in [-0.25, -0.2) is 13.2 Å². The SMILES string of the molecule is C[C@H](OC(=O)c1ccccc1NS(=O)(=O)c1cc(Cl)ccc1Cl)C(=O)c1ccccc1. The van der Waals surface area contributed by atoms with Gasteiger partial charge in [0, 0.05) is 10.6 Å². The summed E-state index contributed by atoms with van der Waals surface area (Å²) in [5, 5.41) is 0.157. The molecule has 3 aromatic rings. The second kappa shape index (κ2) is 9.51. The number of anilines is 1. The van der Waals surface area contributed by atoms with E-state index in [-0.39, 0.29) is 32.0 Å². The van der Waals surface area contributed by atoms with Crippen molar-refractivity contribution in [3.8, 4) is 0 Å². The molecule has 0 heterocycles. The van der Waals surface area contributed by atoms with Crippen LogP contribution in [0.2, 0.25) is 10.0 Å². The predicted molar refractivity (Wildman–Crippen MR) is 119 cm³/mol. The number of carbonyl (C=O) groups excluding carboxylic acids is 2. The maximum atomic E-state index is 12.8. The second-order valence-electron chi connectivity index (χ2n) is 6.50. The van der Waals surface area contributed by atoms with Crippen molar-refractivity contribution in [3.05, 3.63) is 94.0 Å². The van der Waals surface area contributed by atoms with Crippen LogP contribution in [0.3, 0.4) is 0 Å². The zero-order valence-corrected chi connectivity index (χ0v) is 18.5. The number of esters is 1. The van der Waals surface area contributed by atoms with Gasteiger partial charge in [0.2, 0.25) is 5.78 Å². The summed E-state index contributed by atoms with van der Waals surface area (Å²) >= 11 is 11.9. The fourth-order valence-electron chi connectivity index (χ4n) is 2.75. The molecule has 3 aromatic carbocycles. The number of rotatable bonds is 7. The molecule has 0 radical (unpaired) electrons. The average Bonchev–Trinajstić information content (AvgIpc) is 2.75. The van der Waals surface area contributed by atoms with Gasteiger partial charge in [0.15, 0.2) is 6.10 Å². The predicted octanol–water partition coefficient (Wildman–Crippen LogP) is 5.22. The molecule has 1 atom stereocenters. The van der Waals surface area contributed by atoms with Gasteiger partial charge < -0.3 is 4.74 Å². The van der Waals surface area contributed by atoms with Crippen LogP contribution < -0.4 is 4.72 Å². The summed E-state index contributed by atoms with van der Waals surface area (Å²) in [5.74, 6) is -1.23. The summed E-state index contributed by atoms with van der Waals surface area (Å²) in [4.78, 5) is 24.9. The van der Waals surface area contributed by atoms with Gasteiger partial charge in [-0.2, -0.15) is 0 Å². The molecular formula is C22H17Cl2NO5S. The van der Waals surface area contributed by atoms with Gasteiger partial charge in [-0.1, -0.05) is 65.7 Å². The highest BCUT2D eigenvalue weighted by molar-refractivity contribution is 7.92. The Morgan fingerprint density at radius 3 is 2.29 bits per heavy atom. The topological polar surface area (TPSA) is 89.5 Å². The number of benzene rings is 3. The average molecular weight is 478 g/mol. The van der Waals surface area contributed by atoms with E-state index in [9.17, 15) is 18.0 Å². The fraction of sp³-hybridized carbons (Fsp3) is 0.0909. The van der Waals surface area contributed by atoms with E-state index in [1.165, 1.54) is 37.3 Å². The molecule has 31 heavy (non-hydrogen) atoms. The van der Waals surface area contributed by atoms with Crippen LogP contribution in [0.1, 0.15) is 27.6 Å². The van der Waals surface area contributed by atoms with Crippen LogP contribution in [0.25, 0.3) is 0 Å². The first kappa shape index (κ1) is 22.8. The number of hydrogen-bond donors (Lipinski definition) is 1. The minimum Gasteiger partial charge on any atom is -0.451 e. The van der Waals surface area contributed by atoms with E-state index in [2.05, 4.69) is 4.72 Å². The van der Waals surface area contributed by atoms with E-state index in [0.717, 1.165) is 0 Å². The monoisotopic (exact) mass is 477 g/mol. The number of halogens is 2. The van der Waals surface area contributed by atoms with Gasteiger partial charge in [-0.05, 0) is 37.3 Å². The molecular weight excluding hydrogens is 461 g/mol. The van der Waals surface area contributed by atoms with Crippen LogP contribution in [0.5, 0.6) is 0 Å². The van der Waals surface area contributed by atoms with Crippen LogP contribution in [0.15, 0.2) is 77.7 Å². The minimum absolute atomic E-state index is 0.0251. The van der Waals surface area contributed by atoms with Crippen LogP contribution in [-0.4, -0.2) is 26.3 Å². The molecule has 1 N–H and O–H groups in total. The molecule has 0 saturated carbocycles. The molecule has 0 bridgehead atoms. The molecule has 0 saturated heterocycles. The summed E-state index contributed by atoms with van der Waals surface area (Å²) in [5.41, 5.74) is 0.312. The molecule has 0 fully saturated rings. The van der Waals surface area contributed by atoms with Gasteiger partial charge in [-0.3, -0.25) is 9.52 Å². The molecule has 0 unspecified atom stereocenters. The van der Waals surface area contributed by atoms with Crippen molar-refractivity contribution in [1.29, 1.82) is 0 Å². The highest BCUT2D eigenvalue weighted by Gasteiger charge is 2.25. The van der Waals surface area contributed by atoms with Crippen LogP contribution >= 0.6 is 23.2 Å². The molecule has 9 heteroatoms.